The van der Waals surface area contributed by atoms with Crippen molar-refractivity contribution in [3.8, 4) is 5.75 Å². The summed E-state index contributed by atoms with van der Waals surface area (Å²) in [5.74, 6) is -0.364. The van der Waals surface area contributed by atoms with E-state index < -0.39 is 11.4 Å². The molecule has 3 aromatic rings. The largest absolute Gasteiger partial charge is 0.488 e. The molecule has 6 nitrogen and oxygen atoms in total. The molecule has 0 atom stereocenters. The second-order valence-corrected chi connectivity index (χ2v) is 7.35. The maximum atomic E-state index is 13.3. The minimum Gasteiger partial charge on any atom is -0.488 e. The van der Waals surface area contributed by atoms with E-state index in [1.165, 1.54) is 31.4 Å². The van der Waals surface area contributed by atoms with E-state index in [0.29, 0.717) is 29.9 Å². The quantitative estimate of drug-likeness (QED) is 0.270. The summed E-state index contributed by atoms with van der Waals surface area (Å²) in [4.78, 5) is 23.8. The van der Waals surface area contributed by atoms with E-state index in [0.717, 1.165) is 16.5 Å². The van der Waals surface area contributed by atoms with E-state index in [1.54, 1.807) is 13.0 Å². The zero-order valence-corrected chi connectivity index (χ0v) is 18.0. The average molecular weight is 449 g/mol. The predicted molar refractivity (Wildman–Crippen MR) is 114 cm³/mol. The molecule has 1 heterocycles. The van der Waals surface area contributed by atoms with Gasteiger partial charge in [0.25, 0.3) is 0 Å². The molecule has 0 aliphatic carbocycles. The minimum absolute atomic E-state index is 0.0754. The number of rotatable bonds is 9. The molecule has 0 amide bonds. The molecule has 31 heavy (non-hydrogen) atoms. The van der Waals surface area contributed by atoms with Gasteiger partial charge >= 0.3 is 11.6 Å². The highest BCUT2D eigenvalue weighted by Gasteiger charge is 2.14. The topological polar surface area (TPSA) is 75.0 Å². The van der Waals surface area contributed by atoms with Gasteiger partial charge in [0.05, 0.1) is 11.6 Å². The monoisotopic (exact) mass is 448 g/mol. The number of benzene rings is 2. The number of aryl methyl sites for hydroxylation is 2. The van der Waals surface area contributed by atoms with Crippen LogP contribution in [0.3, 0.4) is 0 Å². The van der Waals surface area contributed by atoms with Gasteiger partial charge in [-0.1, -0.05) is 17.7 Å². The molecule has 0 N–H and O–H groups in total. The number of hydrogen-bond donors (Lipinski definition) is 0. The van der Waals surface area contributed by atoms with Crippen LogP contribution in [-0.4, -0.2) is 26.3 Å². The van der Waals surface area contributed by atoms with Gasteiger partial charge in [-0.15, -0.1) is 0 Å². The van der Waals surface area contributed by atoms with Crippen LogP contribution in [0.2, 0.25) is 5.02 Å². The van der Waals surface area contributed by atoms with Crippen LogP contribution in [-0.2, 0) is 27.3 Å². The SMILES string of the molecule is COCCOC(=O)CCc1cc2c(C)cc(=O)oc2cc1OCc1ccc(F)cc1Cl. The number of carbonyl (C=O) groups is 1. The van der Waals surface area contributed by atoms with Crippen molar-refractivity contribution in [2.45, 2.75) is 26.4 Å². The van der Waals surface area contributed by atoms with Crippen LogP contribution in [0, 0.1) is 12.7 Å². The van der Waals surface area contributed by atoms with E-state index in [1.807, 2.05) is 6.07 Å². The molecule has 0 aliphatic rings. The van der Waals surface area contributed by atoms with Crippen LogP contribution < -0.4 is 10.4 Å². The number of carbonyl (C=O) groups excluding carboxylic acids is 1. The first-order valence-electron chi connectivity index (χ1n) is 9.66. The fourth-order valence-electron chi connectivity index (χ4n) is 3.06. The van der Waals surface area contributed by atoms with Crippen LogP contribution in [0.15, 0.2) is 45.6 Å². The summed E-state index contributed by atoms with van der Waals surface area (Å²) in [6.07, 6.45) is 0.492. The molecule has 1 aromatic heterocycles. The number of ether oxygens (including phenoxy) is 3. The summed E-state index contributed by atoms with van der Waals surface area (Å²) in [6, 6.07) is 8.90. The van der Waals surface area contributed by atoms with E-state index in [-0.39, 0.29) is 30.6 Å². The Labute approximate surface area is 183 Å². The smallest absolute Gasteiger partial charge is 0.336 e. The van der Waals surface area contributed by atoms with E-state index >= 15 is 0 Å². The van der Waals surface area contributed by atoms with Crippen molar-refractivity contribution in [3.63, 3.8) is 0 Å². The van der Waals surface area contributed by atoms with Gasteiger partial charge in [0, 0.05) is 36.6 Å². The van der Waals surface area contributed by atoms with Crippen LogP contribution in [0.5, 0.6) is 5.75 Å². The predicted octanol–water partition coefficient (Wildman–Crippen LogP) is 4.60. The first kappa shape index (κ1) is 22.8. The van der Waals surface area contributed by atoms with Gasteiger partial charge in [0.2, 0.25) is 0 Å². The van der Waals surface area contributed by atoms with Crippen molar-refractivity contribution in [2.24, 2.45) is 0 Å². The maximum Gasteiger partial charge on any atom is 0.336 e. The fourth-order valence-corrected chi connectivity index (χ4v) is 3.28. The van der Waals surface area contributed by atoms with Gasteiger partial charge < -0.3 is 18.6 Å². The maximum absolute atomic E-state index is 13.3. The number of halogens is 2. The highest BCUT2D eigenvalue weighted by atomic mass is 35.5. The fraction of sp³-hybridized carbons (Fsp3) is 0.304. The molecule has 0 radical (unpaired) electrons. The second kappa shape index (κ2) is 10.4. The molecular formula is C23H22ClFO6. The van der Waals surface area contributed by atoms with Gasteiger partial charge in [-0.3, -0.25) is 4.79 Å². The molecular weight excluding hydrogens is 427 g/mol. The molecule has 2 aromatic carbocycles. The van der Waals surface area contributed by atoms with Gasteiger partial charge in [-0.2, -0.15) is 0 Å². The third kappa shape index (κ3) is 6.06. The lowest BCUT2D eigenvalue weighted by molar-refractivity contribution is -0.144. The summed E-state index contributed by atoms with van der Waals surface area (Å²) < 4.78 is 34.5. The molecule has 0 saturated carbocycles. The van der Waals surface area contributed by atoms with Crippen molar-refractivity contribution in [1.29, 1.82) is 0 Å². The molecule has 3 rings (SSSR count). The average Bonchev–Trinajstić information content (AvgIpc) is 2.71. The third-order valence-electron chi connectivity index (χ3n) is 4.68. The minimum atomic E-state index is -0.466. The zero-order valence-electron chi connectivity index (χ0n) is 17.2. The molecule has 0 bridgehead atoms. The van der Waals surface area contributed by atoms with Crippen LogP contribution in [0.25, 0.3) is 11.0 Å². The van der Waals surface area contributed by atoms with E-state index in [2.05, 4.69) is 0 Å². The Balaban J connectivity index is 1.86. The van der Waals surface area contributed by atoms with Gasteiger partial charge in [0.1, 0.15) is 30.4 Å². The lowest BCUT2D eigenvalue weighted by atomic mass is 10.0. The van der Waals surface area contributed by atoms with E-state index in [4.69, 9.17) is 30.2 Å². The standard InChI is InChI=1S/C23H22ClFO6/c1-14-9-23(27)31-21-12-20(30-13-16-3-5-17(25)11-19(16)24)15(10-18(14)21)4-6-22(26)29-8-7-28-2/h3,5,9-12H,4,6-8,13H2,1-2H3. The van der Waals surface area contributed by atoms with Crippen LogP contribution >= 0.6 is 11.6 Å². The number of methoxy groups -OCH3 is 1. The normalized spacial score (nSPS) is 11.0. The Bertz CT molecular complexity index is 1140. The lowest BCUT2D eigenvalue weighted by Gasteiger charge is -2.14. The Morgan fingerprint density at radius 3 is 2.68 bits per heavy atom. The Morgan fingerprint density at radius 2 is 1.94 bits per heavy atom. The van der Waals surface area contributed by atoms with Gasteiger partial charge in [-0.25, -0.2) is 9.18 Å². The summed E-state index contributed by atoms with van der Waals surface area (Å²) in [5.41, 5.74) is 2.00. The number of hydrogen-bond acceptors (Lipinski definition) is 6. The number of esters is 1. The molecule has 8 heteroatoms. The lowest BCUT2D eigenvalue weighted by Crippen LogP contribution is -2.11. The highest BCUT2D eigenvalue weighted by molar-refractivity contribution is 6.31. The van der Waals surface area contributed by atoms with Crippen LogP contribution in [0.4, 0.5) is 4.39 Å². The van der Waals surface area contributed by atoms with Crippen molar-refractivity contribution in [3.05, 3.63) is 74.3 Å². The first-order valence-corrected chi connectivity index (χ1v) is 10.0. The Kier molecular flexibility index (Phi) is 7.65. The highest BCUT2D eigenvalue weighted by Crippen LogP contribution is 2.30. The summed E-state index contributed by atoms with van der Waals surface area (Å²) in [7, 11) is 1.53. The molecule has 0 aliphatic heterocycles. The second-order valence-electron chi connectivity index (χ2n) is 6.94. The molecule has 0 spiro atoms. The van der Waals surface area contributed by atoms with Gasteiger partial charge in [-0.05, 0) is 42.7 Å². The van der Waals surface area contributed by atoms with Crippen molar-refractivity contribution >= 4 is 28.5 Å². The zero-order chi connectivity index (χ0) is 22.4. The Hall–Kier alpha value is -2.90. The first-order chi connectivity index (χ1) is 14.9. The summed E-state index contributed by atoms with van der Waals surface area (Å²) in [6.45, 7) is 2.39. The van der Waals surface area contributed by atoms with Crippen molar-refractivity contribution in [1.82, 2.24) is 0 Å². The molecule has 0 saturated heterocycles. The molecule has 164 valence electrons. The molecule has 0 unspecified atom stereocenters. The van der Waals surface area contributed by atoms with E-state index in [9.17, 15) is 14.0 Å². The van der Waals surface area contributed by atoms with Crippen molar-refractivity contribution < 1.29 is 27.8 Å². The summed E-state index contributed by atoms with van der Waals surface area (Å²) in [5, 5.41) is 0.987. The Morgan fingerprint density at radius 1 is 1.13 bits per heavy atom. The number of fused-ring (bicyclic) bond motifs is 1. The summed E-state index contributed by atoms with van der Waals surface area (Å²) >= 11 is 6.08. The van der Waals surface area contributed by atoms with Crippen LogP contribution in [0.1, 0.15) is 23.1 Å². The molecule has 0 fully saturated rings. The van der Waals surface area contributed by atoms with Gasteiger partial charge in [0.15, 0.2) is 0 Å². The third-order valence-corrected chi connectivity index (χ3v) is 5.03. The van der Waals surface area contributed by atoms with Crippen molar-refractivity contribution in [2.75, 3.05) is 20.3 Å².